The lowest BCUT2D eigenvalue weighted by molar-refractivity contribution is 0.0979. The summed E-state index contributed by atoms with van der Waals surface area (Å²) in [4.78, 5) is 11.9. The molecular formula is C14H13FOS. The zero-order valence-electron chi connectivity index (χ0n) is 9.57. The molecule has 1 nitrogen and oxygen atoms in total. The molecule has 1 aromatic heterocycles. The fraction of sp³-hybridized carbons (Fsp3) is 0.214. The normalized spacial score (nSPS) is 10.5. The van der Waals surface area contributed by atoms with E-state index in [9.17, 15) is 9.18 Å². The van der Waals surface area contributed by atoms with Crippen LogP contribution in [-0.4, -0.2) is 5.78 Å². The Hall–Kier alpha value is -1.48. The smallest absolute Gasteiger partial charge is 0.166 e. The molecule has 0 radical (unpaired) electrons. The lowest BCUT2D eigenvalue weighted by atomic mass is 10.0. The summed E-state index contributed by atoms with van der Waals surface area (Å²) in [5, 5.41) is 3.99. The van der Waals surface area contributed by atoms with E-state index >= 15 is 0 Å². The fourth-order valence-corrected chi connectivity index (χ4v) is 2.38. The molecule has 0 aliphatic rings. The van der Waals surface area contributed by atoms with E-state index in [0.29, 0.717) is 12.8 Å². The Morgan fingerprint density at radius 2 is 2.18 bits per heavy atom. The third-order valence-electron chi connectivity index (χ3n) is 2.64. The lowest BCUT2D eigenvalue weighted by Crippen LogP contribution is -2.04. The van der Waals surface area contributed by atoms with Crippen LogP contribution in [0.1, 0.15) is 27.9 Å². The van der Waals surface area contributed by atoms with E-state index in [1.54, 1.807) is 23.5 Å². The van der Waals surface area contributed by atoms with Gasteiger partial charge in [-0.15, -0.1) is 0 Å². The molecule has 0 aliphatic carbocycles. The summed E-state index contributed by atoms with van der Waals surface area (Å²) >= 11 is 1.61. The van der Waals surface area contributed by atoms with Crippen LogP contribution in [0.2, 0.25) is 0 Å². The second-order valence-corrected chi connectivity index (χ2v) is 4.82. The Kier molecular flexibility index (Phi) is 3.69. The molecule has 2 rings (SSSR count). The van der Waals surface area contributed by atoms with E-state index in [0.717, 1.165) is 11.1 Å². The standard InChI is InChI=1S/C14H13FOS/c1-10-2-4-13(15)12(8-10)14(16)5-3-11-6-7-17-9-11/h2,4,6-9H,3,5H2,1H3. The summed E-state index contributed by atoms with van der Waals surface area (Å²) < 4.78 is 13.5. The van der Waals surface area contributed by atoms with Gasteiger partial charge in [0.05, 0.1) is 5.56 Å². The van der Waals surface area contributed by atoms with Crippen molar-refractivity contribution in [2.45, 2.75) is 19.8 Å². The van der Waals surface area contributed by atoms with Crippen LogP contribution < -0.4 is 0 Å². The number of aryl methyl sites for hydroxylation is 2. The van der Waals surface area contributed by atoms with Crippen molar-refractivity contribution in [2.75, 3.05) is 0 Å². The maximum Gasteiger partial charge on any atom is 0.166 e. The molecule has 17 heavy (non-hydrogen) atoms. The largest absolute Gasteiger partial charge is 0.294 e. The minimum absolute atomic E-state index is 0.127. The van der Waals surface area contributed by atoms with Gasteiger partial charge in [-0.2, -0.15) is 11.3 Å². The van der Waals surface area contributed by atoms with Crippen LogP contribution in [0.15, 0.2) is 35.0 Å². The van der Waals surface area contributed by atoms with Crippen LogP contribution >= 0.6 is 11.3 Å². The van der Waals surface area contributed by atoms with Crippen molar-refractivity contribution in [3.63, 3.8) is 0 Å². The highest BCUT2D eigenvalue weighted by molar-refractivity contribution is 7.07. The van der Waals surface area contributed by atoms with Crippen LogP contribution in [0.3, 0.4) is 0 Å². The number of carbonyl (C=O) groups excluding carboxylic acids is 1. The summed E-state index contributed by atoms with van der Waals surface area (Å²) in [6.45, 7) is 1.86. The topological polar surface area (TPSA) is 17.1 Å². The number of thiophene rings is 1. The predicted molar refractivity (Wildman–Crippen MR) is 68.1 cm³/mol. The maximum absolute atomic E-state index is 13.5. The van der Waals surface area contributed by atoms with Gasteiger partial charge in [0.1, 0.15) is 5.82 Å². The molecule has 0 spiro atoms. The molecule has 0 saturated heterocycles. The Bertz CT molecular complexity index is 517. The monoisotopic (exact) mass is 248 g/mol. The van der Waals surface area contributed by atoms with Crippen molar-refractivity contribution in [1.29, 1.82) is 0 Å². The van der Waals surface area contributed by atoms with Gasteiger partial charge in [0.2, 0.25) is 0 Å². The third-order valence-corrected chi connectivity index (χ3v) is 3.38. The quantitative estimate of drug-likeness (QED) is 0.747. The highest BCUT2D eigenvalue weighted by Gasteiger charge is 2.11. The average molecular weight is 248 g/mol. The van der Waals surface area contributed by atoms with Gasteiger partial charge in [0.25, 0.3) is 0 Å². The molecule has 1 aromatic carbocycles. The van der Waals surface area contributed by atoms with Gasteiger partial charge in [-0.25, -0.2) is 4.39 Å². The van der Waals surface area contributed by atoms with Gasteiger partial charge in [0.15, 0.2) is 5.78 Å². The van der Waals surface area contributed by atoms with Gasteiger partial charge < -0.3 is 0 Å². The number of ketones is 1. The van der Waals surface area contributed by atoms with E-state index in [-0.39, 0.29) is 11.3 Å². The van der Waals surface area contributed by atoms with Gasteiger partial charge in [-0.05, 0) is 47.9 Å². The number of hydrogen-bond acceptors (Lipinski definition) is 2. The molecule has 0 aliphatic heterocycles. The molecular weight excluding hydrogens is 235 g/mol. The number of rotatable bonds is 4. The first-order chi connectivity index (χ1) is 8.16. The molecule has 0 bridgehead atoms. The van der Waals surface area contributed by atoms with Crippen LogP contribution in [0.25, 0.3) is 0 Å². The Morgan fingerprint density at radius 3 is 2.88 bits per heavy atom. The molecule has 0 unspecified atom stereocenters. The molecule has 0 saturated carbocycles. The number of halogens is 1. The fourth-order valence-electron chi connectivity index (χ4n) is 1.68. The van der Waals surface area contributed by atoms with E-state index in [2.05, 4.69) is 0 Å². The van der Waals surface area contributed by atoms with E-state index in [1.165, 1.54) is 6.07 Å². The highest BCUT2D eigenvalue weighted by atomic mass is 32.1. The van der Waals surface area contributed by atoms with Crippen LogP contribution in [0.4, 0.5) is 4.39 Å². The summed E-state index contributed by atoms with van der Waals surface area (Å²) in [6, 6.07) is 6.63. The number of benzene rings is 1. The van der Waals surface area contributed by atoms with Crippen molar-refractivity contribution in [3.05, 3.63) is 57.5 Å². The Labute approximate surface area is 104 Å². The van der Waals surface area contributed by atoms with E-state index in [4.69, 9.17) is 0 Å². The van der Waals surface area contributed by atoms with Crippen LogP contribution in [0.5, 0.6) is 0 Å². The Morgan fingerprint density at radius 1 is 1.35 bits per heavy atom. The summed E-state index contributed by atoms with van der Waals surface area (Å²) in [7, 11) is 0. The Balaban J connectivity index is 2.07. The first-order valence-corrected chi connectivity index (χ1v) is 6.41. The van der Waals surface area contributed by atoms with Crippen molar-refractivity contribution in [3.8, 4) is 0 Å². The van der Waals surface area contributed by atoms with Crippen molar-refractivity contribution < 1.29 is 9.18 Å². The minimum atomic E-state index is -0.425. The second-order valence-electron chi connectivity index (χ2n) is 4.04. The summed E-state index contributed by atoms with van der Waals surface area (Å²) in [5.74, 6) is -0.552. The van der Waals surface area contributed by atoms with Crippen LogP contribution in [0, 0.1) is 12.7 Å². The van der Waals surface area contributed by atoms with E-state index < -0.39 is 5.82 Å². The lowest BCUT2D eigenvalue weighted by Gasteiger charge is -2.03. The molecule has 2 aromatic rings. The zero-order valence-corrected chi connectivity index (χ0v) is 10.4. The first-order valence-electron chi connectivity index (χ1n) is 5.47. The van der Waals surface area contributed by atoms with Crippen molar-refractivity contribution >= 4 is 17.1 Å². The van der Waals surface area contributed by atoms with E-state index in [1.807, 2.05) is 23.8 Å². The van der Waals surface area contributed by atoms with Crippen molar-refractivity contribution in [1.82, 2.24) is 0 Å². The average Bonchev–Trinajstić information content (AvgIpc) is 2.82. The summed E-state index contributed by atoms with van der Waals surface area (Å²) in [6.07, 6.45) is 1.03. The molecule has 1 heterocycles. The molecule has 0 amide bonds. The van der Waals surface area contributed by atoms with Gasteiger partial charge in [-0.3, -0.25) is 4.79 Å². The second kappa shape index (κ2) is 5.23. The number of hydrogen-bond donors (Lipinski definition) is 0. The molecule has 3 heteroatoms. The molecule has 0 fully saturated rings. The molecule has 0 N–H and O–H groups in total. The highest BCUT2D eigenvalue weighted by Crippen LogP contribution is 2.15. The number of Topliss-reactive ketones (excluding diaryl/α,β-unsaturated/α-hetero) is 1. The summed E-state index contributed by atoms with van der Waals surface area (Å²) in [5.41, 5.74) is 2.25. The molecule has 88 valence electrons. The van der Waals surface area contributed by atoms with Crippen molar-refractivity contribution in [2.24, 2.45) is 0 Å². The SMILES string of the molecule is Cc1ccc(F)c(C(=O)CCc2ccsc2)c1. The van der Waals surface area contributed by atoms with Gasteiger partial charge >= 0.3 is 0 Å². The maximum atomic E-state index is 13.5. The van der Waals surface area contributed by atoms with Crippen LogP contribution in [-0.2, 0) is 6.42 Å². The predicted octanol–water partition coefficient (Wildman–Crippen LogP) is 4.01. The zero-order chi connectivity index (χ0) is 12.3. The molecule has 0 atom stereocenters. The van der Waals surface area contributed by atoms with Gasteiger partial charge in [-0.1, -0.05) is 11.6 Å². The third kappa shape index (κ3) is 3.01. The van der Waals surface area contributed by atoms with Gasteiger partial charge in [0, 0.05) is 6.42 Å². The number of carbonyl (C=O) groups is 1. The minimum Gasteiger partial charge on any atom is -0.294 e. The first kappa shape index (κ1) is 12.0.